The number of amides is 4. The summed E-state index contributed by atoms with van der Waals surface area (Å²) in [5.74, 6) is -4.79. The summed E-state index contributed by atoms with van der Waals surface area (Å²) in [7, 11) is 0. The van der Waals surface area contributed by atoms with E-state index in [4.69, 9.17) is 16.6 Å². The number of hydrogen-bond acceptors (Lipinski definition) is 8. The van der Waals surface area contributed by atoms with Crippen LogP contribution >= 0.6 is 0 Å². The third-order valence-corrected chi connectivity index (χ3v) is 4.51. The van der Waals surface area contributed by atoms with E-state index in [0.717, 1.165) is 0 Å². The minimum Gasteiger partial charge on any atom is -0.480 e. The SMILES string of the molecule is CC(C)CC(NC(=O)C(N)CO)C(=O)NC(Cc1cnc[nH]1)C(=O)NC(CC(N)=O)C(=O)O. The van der Waals surface area contributed by atoms with Crippen molar-refractivity contribution in [2.75, 3.05) is 6.61 Å². The number of aliphatic carboxylic acids is 1. The topological polar surface area (TPSA) is 243 Å². The van der Waals surface area contributed by atoms with Crippen LogP contribution in [0.2, 0.25) is 0 Å². The fourth-order valence-corrected chi connectivity index (χ4v) is 2.84. The summed E-state index contributed by atoms with van der Waals surface area (Å²) in [5.41, 5.74) is 11.0. The van der Waals surface area contributed by atoms with E-state index >= 15 is 0 Å². The molecule has 0 spiro atoms. The molecule has 0 saturated heterocycles. The third-order valence-electron chi connectivity index (χ3n) is 4.51. The molecule has 0 bridgehead atoms. The molecule has 184 valence electrons. The highest BCUT2D eigenvalue weighted by atomic mass is 16.4. The highest BCUT2D eigenvalue weighted by molar-refractivity contribution is 5.95. The molecule has 1 aromatic rings. The van der Waals surface area contributed by atoms with Crippen molar-refractivity contribution < 1.29 is 34.2 Å². The molecule has 0 aliphatic carbocycles. The molecule has 1 aromatic heterocycles. The molecule has 33 heavy (non-hydrogen) atoms. The Morgan fingerprint density at radius 3 is 2.09 bits per heavy atom. The number of aliphatic hydroxyl groups is 1. The maximum absolute atomic E-state index is 12.9. The van der Waals surface area contributed by atoms with E-state index in [0.29, 0.717) is 5.69 Å². The Labute approximate surface area is 189 Å². The highest BCUT2D eigenvalue weighted by Crippen LogP contribution is 2.08. The first-order valence-electron chi connectivity index (χ1n) is 10.2. The van der Waals surface area contributed by atoms with Gasteiger partial charge in [-0.05, 0) is 12.3 Å². The lowest BCUT2D eigenvalue weighted by Crippen LogP contribution is -2.58. The van der Waals surface area contributed by atoms with Gasteiger partial charge >= 0.3 is 5.97 Å². The summed E-state index contributed by atoms with van der Waals surface area (Å²) in [6.45, 7) is 3.01. The van der Waals surface area contributed by atoms with Gasteiger partial charge in [-0.3, -0.25) is 19.2 Å². The van der Waals surface area contributed by atoms with Crippen LogP contribution in [-0.2, 0) is 30.4 Å². The van der Waals surface area contributed by atoms with Crippen molar-refractivity contribution in [3.05, 3.63) is 18.2 Å². The van der Waals surface area contributed by atoms with Gasteiger partial charge in [0.25, 0.3) is 0 Å². The van der Waals surface area contributed by atoms with Crippen LogP contribution in [0.4, 0.5) is 0 Å². The molecule has 1 rings (SSSR count). The van der Waals surface area contributed by atoms with Crippen molar-refractivity contribution in [3.8, 4) is 0 Å². The predicted octanol–water partition coefficient (Wildman–Crippen LogP) is -3.27. The fraction of sp³-hybridized carbons (Fsp3) is 0.579. The number of hydrogen-bond donors (Lipinski definition) is 8. The second-order valence-corrected chi connectivity index (χ2v) is 7.89. The first kappa shape index (κ1) is 27.5. The van der Waals surface area contributed by atoms with Crippen LogP contribution in [0, 0.1) is 5.92 Å². The molecule has 0 aliphatic heterocycles. The normalized spacial score (nSPS) is 14.6. The quantitative estimate of drug-likeness (QED) is 0.136. The zero-order chi connectivity index (χ0) is 25.1. The summed E-state index contributed by atoms with van der Waals surface area (Å²) >= 11 is 0. The third kappa shape index (κ3) is 9.65. The first-order valence-corrected chi connectivity index (χ1v) is 10.2. The maximum Gasteiger partial charge on any atom is 0.326 e. The number of carboxylic acids is 1. The van der Waals surface area contributed by atoms with Gasteiger partial charge in [0.05, 0.1) is 19.4 Å². The van der Waals surface area contributed by atoms with E-state index in [-0.39, 0.29) is 18.8 Å². The van der Waals surface area contributed by atoms with Crippen LogP contribution in [0.25, 0.3) is 0 Å². The summed E-state index contributed by atoms with van der Waals surface area (Å²) < 4.78 is 0. The number of carbonyl (C=O) groups is 5. The maximum atomic E-state index is 12.9. The molecule has 0 aliphatic rings. The van der Waals surface area contributed by atoms with Gasteiger partial charge in [-0.15, -0.1) is 0 Å². The van der Waals surface area contributed by atoms with Gasteiger partial charge in [0.1, 0.15) is 24.2 Å². The van der Waals surface area contributed by atoms with Gasteiger partial charge in [0.2, 0.25) is 23.6 Å². The van der Waals surface area contributed by atoms with E-state index in [1.165, 1.54) is 12.5 Å². The Hall–Kier alpha value is -3.52. The minimum atomic E-state index is -1.59. The number of aliphatic hydroxyl groups excluding tert-OH is 1. The van der Waals surface area contributed by atoms with E-state index in [2.05, 4.69) is 25.9 Å². The molecule has 0 aromatic carbocycles. The monoisotopic (exact) mass is 469 g/mol. The lowest BCUT2D eigenvalue weighted by atomic mass is 10.0. The summed E-state index contributed by atoms with van der Waals surface area (Å²) in [4.78, 5) is 66.9. The second-order valence-electron chi connectivity index (χ2n) is 7.89. The minimum absolute atomic E-state index is 0.0294. The number of imidazole rings is 1. The average Bonchev–Trinajstić information content (AvgIpc) is 3.23. The van der Waals surface area contributed by atoms with E-state index in [1.807, 2.05) is 13.8 Å². The Balaban J connectivity index is 3.07. The predicted molar refractivity (Wildman–Crippen MR) is 114 cm³/mol. The standard InChI is InChI=1S/C19H31N7O7/c1-9(2)3-12(24-16(29)11(20)7-27)17(30)25-13(4-10-6-22-8-23-10)18(31)26-14(19(32)33)5-15(21)28/h6,8-9,11-14,27H,3-5,7,20H2,1-2H3,(H2,21,28)(H,22,23)(H,24,29)(H,25,30)(H,26,31)(H,32,33). The number of nitrogens with two attached hydrogens (primary N) is 2. The van der Waals surface area contributed by atoms with Crippen LogP contribution in [0.5, 0.6) is 0 Å². The number of aromatic amines is 1. The van der Waals surface area contributed by atoms with Crippen LogP contribution < -0.4 is 27.4 Å². The molecular formula is C19H31N7O7. The number of aromatic nitrogens is 2. The second kappa shape index (κ2) is 13.1. The molecule has 0 saturated carbocycles. The number of carboxylic acid groups (broad SMARTS) is 1. The van der Waals surface area contributed by atoms with Gasteiger partial charge in [0, 0.05) is 18.3 Å². The molecule has 4 atom stereocenters. The largest absolute Gasteiger partial charge is 0.480 e. The number of nitrogens with zero attached hydrogens (tertiary/aromatic N) is 1. The molecule has 0 fully saturated rings. The molecule has 4 amide bonds. The Morgan fingerprint density at radius 2 is 1.61 bits per heavy atom. The van der Waals surface area contributed by atoms with Crippen molar-refractivity contribution in [1.29, 1.82) is 0 Å². The summed E-state index contributed by atoms with van der Waals surface area (Å²) in [6, 6.07) is -5.18. The van der Waals surface area contributed by atoms with Crippen molar-refractivity contribution >= 4 is 29.6 Å². The van der Waals surface area contributed by atoms with Crippen LogP contribution in [0.15, 0.2) is 12.5 Å². The van der Waals surface area contributed by atoms with Crippen molar-refractivity contribution in [1.82, 2.24) is 25.9 Å². The van der Waals surface area contributed by atoms with Crippen molar-refractivity contribution in [2.24, 2.45) is 17.4 Å². The lowest BCUT2D eigenvalue weighted by molar-refractivity contribution is -0.143. The molecule has 0 radical (unpaired) electrons. The number of carbonyl (C=O) groups excluding carboxylic acids is 4. The zero-order valence-electron chi connectivity index (χ0n) is 18.4. The molecule has 1 heterocycles. The molecule has 10 N–H and O–H groups in total. The Bertz CT molecular complexity index is 828. The van der Waals surface area contributed by atoms with E-state index < -0.39 is 66.8 Å². The zero-order valence-corrected chi connectivity index (χ0v) is 18.4. The lowest BCUT2D eigenvalue weighted by Gasteiger charge is -2.25. The summed E-state index contributed by atoms with van der Waals surface area (Å²) in [5, 5.41) is 25.4. The first-order chi connectivity index (χ1) is 15.4. The number of rotatable bonds is 14. The van der Waals surface area contributed by atoms with Gasteiger partial charge in [-0.1, -0.05) is 13.8 Å². The Morgan fingerprint density at radius 1 is 1.03 bits per heavy atom. The van der Waals surface area contributed by atoms with Gasteiger partial charge in [0.15, 0.2) is 0 Å². The van der Waals surface area contributed by atoms with Crippen LogP contribution in [0.3, 0.4) is 0 Å². The molecule has 4 unspecified atom stereocenters. The van der Waals surface area contributed by atoms with E-state index in [9.17, 15) is 29.1 Å². The van der Waals surface area contributed by atoms with Crippen molar-refractivity contribution in [2.45, 2.75) is 57.3 Å². The van der Waals surface area contributed by atoms with Crippen LogP contribution in [-0.4, -0.2) is 80.6 Å². The van der Waals surface area contributed by atoms with Gasteiger partial charge in [-0.2, -0.15) is 0 Å². The van der Waals surface area contributed by atoms with E-state index in [1.54, 1.807) is 0 Å². The molecular weight excluding hydrogens is 438 g/mol. The highest BCUT2D eigenvalue weighted by Gasteiger charge is 2.31. The molecule has 14 nitrogen and oxygen atoms in total. The summed E-state index contributed by atoms with van der Waals surface area (Å²) in [6.07, 6.45) is 2.25. The smallest absolute Gasteiger partial charge is 0.326 e. The van der Waals surface area contributed by atoms with Gasteiger partial charge < -0.3 is 42.6 Å². The van der Waals surface area contributed by atoms with Crippen LogP contribution in [0.1, 0.15) is 32.4 Å². The number of H-pyrrole nitrogens is 1. The fourth-order valence-electron chi connectivity index (χ4n) is 2.84. The Kier molecular flexibility index (Phi) is 10.9. The van der Waals surface area contributed by atoms with Crippen molar-refractivity contribution in [3.63, 3.8) is 0 Å². The molecule has 14 heteroatoms. The average molecular weight is 469 g/mol. The number of nitrogens with one attached hydrogen (secondary N) is 4. The van der Waals surface area contributed by atoms with Gasteiger partial charge in [-0.25, -0.2) is 9.78 Å². The number of primary amides is 1.